The van der Waals surface area contributed by atoms with Crippen molar-refractivity contribution in [1.82, 2.24) is 0 Å². The Labute approximate surface area is 74.6 Å². The Bertz CT molecular complexity index is 250. The number of thiol groups is 1. The summed E-state index contributed by atoms with van der Waals surface area (Å²) in [5.74, 6) is -0.650. The van der Waals surface area contributed by atoms with Gasteiger partial charge in [0.1, 0.15) is 12.9 Å². The molecule has 0 N–H and O–H groups in total. The number of ether oxygens (including phenoxy) is 1. The maximum absolute atomic E-state index is 11.1. The first-order valence-corrected chi connectivity index (χ1v) is 3.60. The molecule has 6 heteroatoms. The van der Waals surface area contributed by atoms with Gasteiger partial charge in [-0.1, -0.05) is 12.7 Å². The number of esters is 1. The summed E-state index contributed by atoms with van der Waals surface area (Å²) in [7, 11) is 0. The van der Waals surface area contributed by atoms with Gasteiger partial charge in [-0.15, -0.1) is 22.9 Å². The SMILES string of the molecule is C=CCOC(=O)C1(S)N=CN=N1. The molecule has 12 heavy (non-hydrogen) atoms. The van der Waals surface area contributed by atoms with Crippen molar-refractivity contribution in [3.63, 3.8) is 0 Å². The molecule has 64 valence electrons. The second-order valence-corrected chi connectivity index (χ2v) is 2.61. The molecule has 1 aliphatic rings. The van der Waals surface area contributed by atoms with E-state index in [1.165, 1.54) is 6.08 Å². The van der Waals surface area contributed by atoms with Gasteiger partial charge in [-0.3, -0.25) is 0 Å². The second-order valence-electron chi connectivity index (χ2n) is 1.98. The van der Waals surface area contributed by atoms with Gasteiger partial charge in [-0.2, -0.15) is 0 Å². The summed E-state index contributed by atoms with van der Waals surface area (Å²) in [5, 5.41) is 6.87. The largest absolute Gasteiger partial charge is 0.457 e. The molecule has 0 saturated heterocycles. The molecule has 0 bridgehead atoms. The highest BCUT2D eigenvalue weighted by Crippen LogP contribution is 2.23. The van der Waals surface area contributed by atoms with E-state index in [-0.39, 0.29) is 6.61 Å². The van der Waals surface area contributed by atoms with E-state index >= 15 is 0 Å². The summed E-state index contributed by atoms with van der Waals surface area (Å²) >= 11 is 3.88. The lowest BCUT2D eigenvalue weighted by Crippen LogP contribution is -2.28. The normalized spacial score (nSPS) is 25.8. The Morgan fingerprint density at radius 1 is 1.83 bits per heavy atom. The Balaban J connectivity index is 2.57. The zero-order valence-corrected chi connectivity index (χ0v) is 7.07. The van der Waals surface area contributed by atoms with Crippen LogP contribution in [0.1, 0.15) is 0 Å². The smallest absolute Gasteiger partial charge is 0.370 e. The van der Waals surface area contributed by atoms with Gasteiger partial charge < -0.3 is 4.74 Å². The maximum Gasteiger partial charge on any atom is 0.370 e. The fraction of sp³-hybridized carbons (Fsp3) is 0.333. The van der Waals surface area contributed by atoms with Gasteiger partial charge in [-0.25, -0.2) is 9.79 Å². The van der Waals surface area contributed by atoms with Crippen molar-refractivity contribution in [3.05, 3.63) is 12.7 Å². The first-order chi connectivity index (χ1) is 5.69. The van der Waals surface area contributed by atoms with Gasteiger partial charge in [-0.05, 0) is 0 Å². The fourth-order valence-electron chi connectivity index (χ4n) is 0.563. The third kappa shape index (κ3) is 1.70. The van der Waals surface area contributed by atoms with Crippen molar-refractivity contribution in [2.75, 3.05) is 6.61 Å². The minimum Gasteiger partial charge on any atom is -0.457 e. The third-order valence-electron chi connectivity index (χ3n) is 1.09. The maximum atomic E-state index is 11.1. The Morgan fingerprint density at radius 3 is 3.08 bits per heavy atom. The van der Waals surface area contributed by atoms with Gasteiger partial charge in [0.2, 0.25) is 0 Å². The number of rotatable bonds is 3. The number of carbonyl (C=O) groups is 1. The molecule has 1 heterocycles. The van der Waals surface area contributed by atoms with E-state index < -0.39 is 11.0 Å². The van der Waals surface area contributed by atoms with Crippen LogP contribution in [0.2, 0.25) is 0 Å². The Kier molecular flexibility index (Phi) is 2.59. The number of aliphatic imine (C=N–C) groups is 1. The average molecular weight is 185 g/mol. The van der Waals surface area contributed by atoms with Gasteiger partial charge in [0.15, 0.2) is 0 Å². The summed E-state index contributed by atoms with van der Waals surface area (Å²) in [6, 6.07) is 0. The van der Waals surface area contributed by atoms with Crippen molar-refractivity contribution >= 4 is 24.9 Å². The molecule has 0 amide bonds. The molecule has 0 radical (unpaired) electrons. The summed E-state index contributed by atoms with van der Waals surface area (Å²) in [6.45, 7) is 3.50. The monoisotopic (exact) mass is 185 g/mol. The van der Waals surface area contributed by atoms with E-state index in [9.17, 15) is 4.79 Å². The first-order valence-electron chi connectivity index (χ1n) is 3.15. The molecule has 1 unspecified atom stereocenters. The van der Waals surface area contributed by atoms with Crippen LogP contribution in [0.4, 0.5) is 0 Å². The van der Waals surface area contributed by atoms with Crippen molar-refractivity contribution in [1.29, 1.82) is 0 Å². The molecule has 0 aromatic heterocycles. The molecular weight excluding hydrogens is 178 g/mol. The molecule has 0 aliphatic carbocycles. The third-order valence-corrected chi connectivity index (χ3v) is 1.48. The topological polar surface area (TPSA) is 63.4 Å². The van der Waals surface area contributed by atoms with E-state index in [1.54, 1.807) is 0 Å². The molecule has 0 spiro atoms. The first kappa shape index (κ1) is 8.92. The van der Waals surface area contributed by atoms with Gasteiger partial charge in [0, 0.05) is 0 Å². The van der Waals surface area contributed by atoms with Crippen LogP contribution in [0, 0.1) is 0 Å². The average Bonchev–Trinajstić information content (AvgIpc) is 2.49. The zero-order valence-electron chi connectivity index (χ0n) is 6.17. The molecule has 5 nitrogen and oxygen atoms in total. The number of nitrogens with zero attached hydrogens (tertiary/aromatic N) is 3. The van der Waals surface area contributed by atoms with Crippen LogP contribution in [-0.4, -0.2) is 23.9 Å². The van der Waals surface area contributed by atoms with Crippen molar-refractivity contribution in [3.8, 4) is 0 Å². The highest BCUT2D eigenvalue weighted by molar-refractivity contribution is 7.82. The molecular formula is C6H7N3O2S. The van der Waals surface area contributed by atoms with Crippen LogP contribution >= 0.6 is 12.6 Å². The highest BCUT2D eigenvalue weighted by atomic mass is 32.1. The minimum atomic E-state index is -1.48. The van der Waals surface area contributed by atoms with Crippen LogP contribution in [0.25, 0.3) is 0 Å². The highest BCUT2D eigenvalue weighted by Gasteiger charge is 2.37. The van der Waals surface area contributed by atoms with Crippen LogP contribution in [0.3, 0.4) is 0 Å². The molecule has 1 rings (SSSR count). The van der Waals surface area contributed by atoms with Gasteiger partial charge in [0.05, 0.1) is 0 Å². The molecule has 0 aromatic carbocycles. The second kappa shape index (κ2) is 3.48. The van der Waals surface area contributed by atoms with E-state index in [0.717, 1.165) is 6.34 Å². The van der Waals surface area contributed by atoms with E-state index in [1.807, 2.05) is 0 Å². The molecule has 1 aliphatic heterocycles. The molecule has 0 aromatic rings. The van der Waals surface area contributed by atoms with Crippen LogP contribution in [0.5, 0.6) is 0 Å². The number of azo groups is 1. The van der Waals surface area contributed by atoms with E-state index in [0.29, 0.717) is 0 Å². The molecule has 0 fully saturated rings. The fourth-order valence-corrected chi connectivity index (χ4v) is 0.731. The summed E-state index contributed by atoms with van der Waals surface area (Å²) in [4.78, 5) is 13.2. The van der Waals surface area contributed by atoms with Crippen molar-refractivity contribution < 1.29 is 9.53 Å². The lowest BCUT2D eigenvalue weighted by Gasteiger charge is -2.11. The zero-order chi connectivity index (χ0) is 9.03. The lowest BCUT2D eigenvalue weighted by molar-refractivity contribution is -0.144. The summed E-state index contributed by atoms with van der Waals surface area (Å²) < 4.78 is 4.68. The number of carbonyl (C=O) groups excluding carboxylic acids is 1. The van der Waals surface area contributed by atoms with Crippen LogP contribution in [-0.2, 0) is 9.53 Å². The summed E-state index contributed by atoms with van der Waals surface area (Å²) in [5.41, 5.74) is 0. The predicted octanol–water partition coefficient (Wildman–Crippen LogP) is 0.793. The molecule has 1 atom stereocenters. The number of hydrogen-bond donors (Lipinski definition) is 1. The standard InChI is InChI=1S/C6H7N3O2S/c1-2-3-11-5(10)6(12)7-4-8-9-6/h2,4,12H,1,3H2. The van der Waals surface area contributed by atoms with E-state index in [4.69, 9.17) is 0 Å². The van der Waals surface area contributed by atoms with Crippen LogP contribution < -0.4 is 0 Å². The van der Waals surface area contributed by atoms with E-state index in [2.05, 4.69) is 39.2 Å². The quantitative estimate of drug-likeness (QED) is 0.401. The molecule has 0 saturated carbocycles. The summed E-state index contributed by atoms with van der Waals surface area (Å²) in [6.07, 6.45) is 2.60. The van der Waals surface area contributed by atoms with Crippen molar-refractivity contribution in [2.24, 2.45) is 15.2 Å². The number of hydrogen-bond acceptors (Lipinski definition) is 6. The Morgan fingerprint density at radius 2 is 2.58 bits per heavy atom. The minimum absolute atomic E-state index is 0.117. The predicted molar refractivity (Wildman–Crippen MR) is 46.2 cm³/mol. The van der Waals surface area contributed by atoms with Crippen LogP contribution in [0.15, 0.2) is 27.9 Å². The van der Waals surface area contributed by atoms with Crippen molar-refractivity contribution in [2.45, 2.75) is 4.99 Å². The van der Waals surface area contributed by atoms with Gasteiger partial charge >= 0.3 is 11.0 Å². The van der Waals surface area contributed by atoms with Gasteiger partial charge in [0.25, 0.3) is 0 Å². The lowest BCUT2D eigenvalue weighted by atomic mass is 10.5. The Hall–Kier alpha value is -1.17.